The number of hydrogen-bond donors (Lipinski definition) is 1. The van der Waals surface area contributed by atoms with Crippen LogP contribution in [-0.2, 0) is 6.42 Å². The van der Waals surface area contributed by atoms with Gasteiger partial charge in [-0.05, 0) is 42.0 Å². The summed E-state index contributed by atoms with van der Waals surface area (Å²) in [5.41, 5.74) is 3.27. The maximum absolute atomic E-state index is 12.9. The van der Waals surface area contributed by atoms with E-state index in [-0.39, 0.29) is 5.82 Å². The van der Waals surface area contributed by atoms with Crippen molar-refractivity contribution in [1.82, 2.24) is 4.98 Å². The van der Waals surface area contributed by atoms with Crippen molar-refractivity contribution in [3.05, 3.63) is 65.6 Å². The Labute approximate surface area is 110 Å². The van der Waals surface area contributed by atoms with E-state index in [4.69, 9.17) is 4.74 Å². The second kappa shape index (κ2) is 4.76. The molecule has 0 fully saturated rings. The first-order valence-electron chi connectivity index (χ1n) is 6.15. The second-order valence-corrected chi connectivity index (χ2v) is 4.55. The molecule has 0 aliphatic carbocycles. The van der Waals surface area contributed by atoms with Crippen molar-refractivity contribution in [2.45, 2.75) is 6.42 Å². The fourth-order valence-electron chi connectivity index (χ4n) is 2.22. The van der Waals surface area contributed by atoms with Crippen LogP contribution >= 0.6 is 0 Å². The van der Waals surface area contributed by atoms with Gasteiger partial charge in [-0.2, -0.15) is 0 Å². The molecule has 3 heteroatoms. The van der Waals surface area contributed by atoms with Crippen LogP contribution in [0.1, 0.15) is 11.3 Å². The number of aromatic amines is 1. The third-order valence-electron chi connectivity index (χ3n) is 3.19. The highest BCUT2D eigenvalue weighted by Gasteiger charge is 2.03. The second-order valence-electron chi connectivity index (χ2n) is 4.55. The number of aromatic nitrogens is 1. The van der Waals surface area contributed by atoms with Crippen LogP contribution in [0, 0.1) is 5.82 Å². The molecular weight excluding hydrogens is 241 g/mol. The first-order chi connectivity index (χ1) is 9.24. The topological polar surface area (TPSA) is 25.0 Å². The van der Waals surface area contributed by atoms with Gasteiger partial charge in [0, 0.05) is 23.0 Å². The molecule has 19 heavy (non-hydrogen) atoms. The van der Waals surface area contributed by atoms with E-state index in [0.717, 1.165) is 34.3 Å². The van der Waals surface area contributed by atoms with Crippen LogP contribution in [0.25, 0.3) is 10.9 Å². The van der Waals surface area contributed by atoms with E-state index >= 15 is 0 Å². The van der Waals surface area contributed by atoms with Crippen LogP contribution < -0.4 is 4.74 Å². The van der Waals surface area contributed by atoms with Gasteiger partial charge in [-0.1, -0.05) is 12.1 Å². The lowest BCUT2D eigenvalue weighted by molar-refractivity contribution is 0.415. The Balaban J connectivity index is 1.90. The number of benzene rings is 2. The number of ether oxygens (including phenoxy) is 1. The molecule has 3 aromatic rings. The smallest absolute Gasteiger partial charge is 0.123 e. The van der Waals surface area contributed by atoms with Gasteiger partial charge in [0.15, 0.2) is 0 Å². The van der Waals surface area contributed by atoms with Crippen LogP contribution in [0.2, 0.25) is 0 Å². The largest absolute Gasteiger partial charge is 0.497 e. The predicted octanol–water partition coefficient (Wildman–Crippen LogP) is 3.91. The summed E-state index contributed by atoms with van der Waals surface area (Å²) < 4.78 is 18.1. The lowest BCUT2D eigenvalue weighted by atomic mass is 10.1. The maximum atomic E-state index is 12.9. The van der Waals surface area contributed by atoms with Crippen molar-refractivity contribution in [1.29, 1.82) is 0 Å². The molecule has 0 aliphatic rings. The van der Waals surface area contributed by atoms with Gasteiger partial charge in [0.25, 0.3) is 0 Å². The van der Waals surface area contributed by atoms with E-state index in [9.17, 15) is 4.39 Å². The Morgan fingerprint density at radius 2 is 1.84 bits per heavy atom. The molecule has 1 aromatic heterocycles. The van der Waals surface area contributed by atoms with Crippen molar-refractivity contribution in [2.75, 3.05) is 7.11 Å². The molecule has 0 radical (unpaired) electrons. The van der Waals surface area contributed by atoms with E-state index in [1.807, 2.05) is 18.2 Å². The highest BCUT2D eigenvalue weighted by Crippen LogP contribution is 2.22. The highest BCUT2D eigenvalue weighted by molar-refractivity contribution is 5.82. The van der Waals surface area contributed by atoms with Crippen molar-refractivity contribution < 1.29 is 9.13 Å². The molecular formula is C16H14FNO. The van der Waals surface area contributed by atoms with Gasteiger partial charge >= 0.3 is 0 Å². The lowest BCUT2D eigenvalue weighted by Gasteiger charge is -1.98. The molecule has 0 amide bonds. The van der Waals surface area contributed by atoms with E-state index < -0.39 is 0 Å². The first kappa shape index (κ1) is 11.8. The third kappa shape index (κ3) is 2.45. The van der Waals surface area contributed by atoms with Crippen LogP contribution in [0.15, 0.2) is 48.5 Å². The predicted molar refractivity (Wildman–Crippen MR) is 74.1 cm³/mol. The summed E-state index contributed by atoms with van der Waals surface area (Å²) >= 11 is 0. The Kier molecular flexibility index (Phi) is 2.95. The van der Waals surface area contributed by atoms with Gasteiger partial charge in [-0.15, -0.1) is 0 Å². The molecule has 0 aliphatic heterocycles. The molecule has 0 unspecified atom stereocenters. The maximum Gasteiger partial charge on any atom is 0.123 e. The fraction of sp³-hybridized carbons (Fsp3) is 0.125. The molecule has 0 spiro atoms. The number of methoxy groups -OCH3 is 1. The molecule has 1 N–H and O–H groups in total. The molecule has 0 saturated carbocycles. The van der Waals surface area contributed by atoms with Gasteiger partial charge in [0.2, 0.25) is 0 Å². The zero-order valence-corrected chi connectivity index (χ0v) is 10.6. The summed E-state index contributed by atoms with van der Waals surface area (Å²) in [5.74, 6) is 0.643. The molecule has 0 bridgehead atoms. The highest BCUT2D eigenvalue weighted by atomic mass is 19.1. The van der Waals surface area contributed by atoms with Gasteiger partial charge in [-0.25, -0.2) is 4.39 Å². The van der Waals surface area contributed by atoms with Crippen LogP contribution in [-0.4, -0.2) is 12.1 Å². The summed E-state index contributed by atoms with van der Waals surface area (Å²) in [6, 6.07) is 14.6. The standard InChI is InChI=1S/C16H14FNO/c1-19-15-6-7-16-12(10-15)9-14(18-16)8-11-2-4-13(17)5-3-11/h2-7,9-10,18H,8H2,1H3. The lowest BCUT2D eigenvalue weighted by Crippen LogP contribution is -1.87. The van der Waals surface area contributed by atoms with Crippen LogP contribution in [0.5, 0.6) is 5.75 Å². The Morgan fingerprint density at radius 3 is 2.58 bits per heavy atom. The van der Waals surface area contributed by atoms with Crippen molar-refractivity contribution in [2.24, 2.45) is 0 Å². The molecule has 3 rings (SSSR count). The van der Waals surface area contributed by atoms with Crippen LogP contribution in [0.3, 0.4) is 0 Å². The average molecular weight is 255 g/mol. The number of nitrogens with one attached hydrogen (secondary N) is 1. The van der Waals surface area contributed by atoms with Gasteiger partial charge in [-0.3, -0.25) is 0 Å². The summed E-state index contributed by atoms with van der Waals surface area (Å²) in [7, 11) is 1.66. The number of rotatable bonds is 3. The molecule has 1 heterocycles. The minimum absolute atomic E-state index is 0.204. The molecule has 0 saturated heterocycles. The molecule has 96 valence electrons. The van der Waals surface area contributed by atoms with Crippen LogP contribution in [0.4, 0.5) is 4.39 Å². The number of hydrogen-bond acceptors (Lipinski definition) is 1. The summed E-state index contributed by atoms with van der Waals surface area (Å²) in [6.45, 7) is 0. The van der Waals surface area contributed by atoms with E-state index in [0.29, 0.717) is 0 Å². The summed E-state index contributed by atoms with van der Waals surface area (Å²) in [6.07, 6.45) is 0.761. The van der Waals surface area contributed by atoms with Crippen molar-refractivity contribution in [3.8, 4) is 5.75 Å². The third-order valence-corrected chi connectivity index (χ3v) is 3.19. The Morgan fingerprint density at radius 1 is 1.05 bits per heavy atom. The molecule has 0 atom stereocenters. The normalized spacial score (nSPS) is 10.8. The monoisotopic (exact) mass is 255 g/mol. The van der Waals surface area contributed by atoms with Gasteiger partial charge in [0.05, 0.1) is 7.11 Å². The minimum atomic E-state index is -0.204. The number of fused-ring (bicyclic) bond motifs is 1. The van der Waals surface area contributed by atoms with E-state index in [1.165, 1.54) is 12.1 Å². The molecule has 2 nitrogen and oxygen atoms in total. The quantitative estimate of drug-likeness (QED) is 0.754. The van der Waals surface area contributed by atoms with Gasteiger partial charge < -0.3 is 9.72 Å². The van der Waals surface area contributed by atoms with Crippen molar-refractivity contribution >= 4 is 10.9 Å². The van der Waals surface area contributed by atoms with E-state index in [2.05, 4.69) is 11.1 Å². The van der Waals surface area contributed by atoms with Gasteiger partial charge in [0.1, 0.15) is 11.6 Å². The zero-order valence-electron chi connectivity index (χ0n) is 10.6. The number of H-pyrrole nitrogens is 1. The first-order valence-corrected chi connectivity index (χ1v) is 6.15. The summed E-state index contributed by atoms with van der Waals surface area (Å²) in [4.78, 5) is 3.36. The number of halogens is 1. The Hall–Kier alpha value is -2.29. The van der Waals surface area contributed by atoms with E-state index in [1.54, 1.807) is 19.2 Å². The summed E-state index contributed by atoms with van der Waals surface area (Å²) in [5, 5.41) is 1.12. The zero-order chi connectivity index (χ0) is 13.2. The average Bonchev–Trinajstić information content (AvgIpc) is 2.82. The molecule has 2 aromatic carbocycles. The van der Waals surface area contributed by atoms with Crippen molar-refractivity contribution in [3.63, 3.8) is 0 Å². The fourth-order valence-corrected chi connectivity index (χ4v) is 2.22. The minimum Gasteiger partial charge on any atom is -0.497 e. The Bertz CT molecular complexity index is 700. The SMILES string of the molecule is COc1ccc2[nH]c(Cc3ccc(F)cc3)cc2c1.